The molecular weight excluding hydrogens is 332 g/mol. The van der Waals surface area contributed by atoms with E-state index in [9.17, 15) is 14.4 Å². The van der Waals surface area contributed by atoms with Crippen molar-refractivity contribution in [2.75, 3.05) is 12.0 Å². The number of hydrogen-bond donors (Lipinski definition) is 0. The van der Waals surface area contributed by atoms with Crippen LogP contribution >= 0.6 is 11.3 Å². The van der Waals surface area contributed by atoms with E-state index in [1.54, 1.807) is 24.3 Å². The van der Waals surface area contributed by atoms with Gasteiger partial charge in [-0.1, -0.05) is 11.3 Å². The summed E-state index contributed by atoms with van der Waals surface area (Å²) in [6.07, 6.45) is 0. The van der Waals surface area contributed by atoms with Crippen molar-refractivity contribution in [1.82, 2.24) is 14.6 Å². The summed E-state index contributed by atoms with van der Waals surface area (Å²) in [5, 5.41) is 4.08. The molecule has 8 nitrogen and oxygen atoms in total. The number of methoxy groups -OCH3 is 1. The largest absolute Gasteiger partial charge is 0.497 e. The first-order valence-electron chi connectivity index (χ1n) is 6.94. The molecule has 0 fully saturated rings. The van der Waals surface area contributed by atoms with Crippen molar-refractivity contribution < 1.29 is 14.3 Å². The summed E-state index contributed by atoms with van der Waals surface area (Å²) in [6, 6.07) is 6.60. The molecule has 24 heavy (non-hydrogen) atoms. The van der Waals surface area contributed by atoms with E-state index in [0.29, 0.717) is 11.4 Å². The number of fused-ring (bicyclic) bond motifs is 3. The van der Waals surface area contributed by atoms with Gasteiger partial charge in [-0.15, -0.1) is 0 Å². The minimum absolute atomic E-state index is 0.131. The highest BCUT2D eigenvalue weighted by Crippen LogP contribution is 2.33. The van der Waals surface area contributed by atoms with Gasteiger partial charge in [0.25, 0.3) is 17.4 Å². The van der Waals surface area contributed by atoms with Crippen LogP contribution in [0.15, 0.2) is 29.1 Å². The molecule has 0 aliphatic carbocycles. The first kappa shape index (κ1) is 14.5. The Morgan fingerprint density at radius 2 is 1.79 bits per heavy atom. The van der Waals surface area contributed by atoms with Crippen molar-refractivity contribution in [3.8, 4) is 5.75 Å². The Labute approximate surface area is 138 Å². The number of thiazole rings is 1. The summed E-state index contributed by atoms with van der Waals surface area (Å²) in [7, 11) is 1.53. The fraction of sp³-hybridized carbons (Fsp3) is 0.133. The smallest absolute Gasteiger partial charge is 0.295 e. The molecule has 3 heterocycles. The Morgan fingerprint density at radius 1 is 1.08 bits per heavy atom. The highest BCUT2D eigenvalue weighted by Gasteiger charge is 2.41. The average molecular weight is 342 g/mol. The Kier molecular flexibility index (Phi) is 3.00. The van der Waals surface area contributed by atoms with Gasteiger partial charge in [-0.25, -0.2) is 4.90 Å². The maximum absolute atomic E-state index is 12.7. The molecule has 3 aromatic rings. The number of imide groups is 1. The zero-order chi connectivity index (χ0) is 17.0. The summed E-state index contributed by atoms with van der Waals surface area (Å²) in [5.41, 5.74) is 0.262. The molecule has 9 heteroatoms. The minimum atomic E-state index is -0.497. The zero-order valence-electron chi connectivity index (χ0n) is 12.6. The van der Waals surface area contributed by atoms with Crippen molar-refractivity contribution in [2.24, 2.45) is 0 Å². The van der Waals surface area contributed by atoms with E-state index in [1.807, 2.05) is 0 Å². The van der Waals surface area contributed by atoms with Gasteiger partial charge in [-0.05, 0) is 31.2 Å². The second kappa shape index (κ2) is 4.96. The van der Waals surface area contributed by atoms with E-state index in [1.165, 1.54) is 18.5 Å². The van der Waals surface area contributed by atoms with E-state index in [4.69, 9.17) is 4.74 Å². The number of rotatable bonds is 2. The molecule has 2 aromatic heterocycles. The topological polar surface area (TPSA) is 93.9 Å². The van der Waals surface area contributed by atoms with Crippen LogP contribution in [0, 0.1) is 6.92 Å². The summed E-state index contributed by atoms with van der Waals surface area (Å²) in [4.78, 5) is 42.4. The number of anilines is 1. The monoisotopic (exact) mass is 342 g/mol. The van der Waals surface area contributed by atoms with Gasteiger partial charge in [-0.3, -0.25) is 14.4 Å². The predicted octanol–water partition coefficient (Wildman–Crippen LogP) is 1.27. The molecule has 0 spiro atoms. The molecule has 2 amide bonds. The minimum Gasteiger partial charge on any atom is -0.497 e. The number of ether oxygens (including phenoxy) is 1. The second-order valence-corrected chi connectivity index (χ2v) is 6.10. The lowest BCUT2D eigenvalue weighted by atomic mass is 10.3. The Balaban J connectivity index is 1.86. The molecule has 120 valence electrons. The van der Waals surface area contributed by atoms with E-state index >= 15 is 0 Å². The van der Waals surface area contributed by atoms with Gasteiger partial charge in [0.2, 0.25) is 4.96 Å². The van der Waals surface area contributed by atoms with Gasteiger partial charge in [0, 0.05) is 0 Å². The van der Waals surface area contributed by atoms with Gasteiger partial charge in [0.05, 0.1) is 12.8 Å². The first-order chi connectivity index (χ1) is 11.5. The predicted molar refractivity (Wildman–Crippen MR) is 86.0 cm³/mol. The van der Waals surface area contributed by atoms with Gasteiger partial charge in [0.15, 0.2) is 5.69 Å². The van der Waals surface area contributed by atoms with Crippen LogP contribution in [-0.2, 0) is 0 Å². The van der Waals surface area contributed by atoms with Crippen LogP contribution in [0.25, 0.3) is 4.96 Å². The molecule has 0 saturated carbocycles. The van der Waals surface area contributed by atoms with Crippen LogP contribution in [0.2, 0.25) is 0 Å². The van der Waals surface area contributed by atoms with Crippen molar-refractivity contribution >= 4 is 33.8 Å². The van der Waals surface area contributed by atoms with Crippen molar-refractivity contribution in [1.29, 1.82) is 0 Å². The van der Waals surface area contributed by atoms with E-state index in [0.717, 1.165) is 16.2 Å². The second-order valence-electron chi connectivity index (χ2n) is 5.12. The van der Waals surface area contributed by atoms with Crippen LogP contribution in [-0.4, -0.2) is 33.5 Å². The van der Waals surface area contributed by atoms with Gasteiger partial charge < -0.3 is 4.74 Å². The number of aryl methyl sites for hydroxylation is 1. The third-order valence-corrected chi connectivity index (χ3v) is 4.71. The number of carbonyl (C=O) groups excluding carboxylic acids is 2. The molecule has 0 unspecified atom stereocenters. The lowest BCUT2D eigenvalue weighted by molar-refractivity contribution is 0.0924. The summed E-state index contributed by atoms with van der Waals surface area (Å²) in [6.45, 7) is 1.51. The number of benzene rings is 1. The number of nitrogens with zero attached hydrogens (tertiary/aromatic N) is 4. The third-order valence-electron chi connectivity index (χ3n) is 3.69. The lowest BCUT2D eigenvalue weighted by Gasteiger charge is -2.14. The quantitative estimate of drug-likeness (QED) is 0.651. The molecule has 0 saturated heterocycles. The molecule has 0 N–H and O–H groups in total. The Bertz CT molecular complexity index is 1070. The standard InChI is InChI=1S/C15H10N4O4S/c1-7-12(20)16-15-19(17-7)10-11(24-15)14(22)18(13(10)21)8-3-5-9(23-2)6-4-8/h3-6H,1-2H3. The number of aromatic nitrogens is 3. The number of amides is 2. The zero-order valence-corrected chi connectivity index (χ0v) is 13.5. The molecule has 1 aliphatic rings. The average Bonchev–Trinajstić information content (AvgIpc) is 3.04. The molecule has 1 aliphatic heterocycles. The molecule has 1 aromatic carbocycles. The SMILES string of the molecule is COc1ccc(N2C(=O)c3sc4nc(=O)c(C)nn4c3C2=O)cc1. The highest BCUT2D eigenvalue weighted by atomic mass is 32.1. The van der Waals surface area contributed by atoms with Gasteiger partial charge >= 0.3 is 0 Å². The summed E-state index contributed by atoms with van der Waals surface area (Å²) < 4.78 is 6.34. The lowest BCUT2D eigenvalue weighted by Crippen LogP contribution is -2.30. The van der Waals surface area contributed by atoms with Gasteiger partial charge in [0.1, 0.15) is 16.3 Å². The van der Waals surface area contributed by atoms with Crippen LogP contribution in [0.1, 0.15) is 25.9 Å². The van der Waals surface area contributed by atoms with Crippen LogP contribution in [0.4, 0.5) is 5.69 Å². The summed E-state index contributed by atoms with van der Waals surface area (Å²) in [5.74, 6) is -0.330. The maximum atomic E-state index is 12.7. The Hall–Kier alpha value is -3.07. The normalized spacial score (nSPS) is 13.7. The highest BCUT2D eigenvalue weighted by molar-refractivity contribution is 7.19. The fourth-order valence-electron chi connectivity index (χ4n) is 2.50. The Morgan fingerprint density at radius 3 is 2.46 bits per heavy atom. The molecule has 0 radical (unpaired) electrons. The maximum Gasteiger partial charge on any atom is 0.295 e. The van der Waals surface area contributed by atoms with Crippen molar-refractivity contribution in [2.45, 2.75) is 6.92 Å². The number of hydrogen-bond acceptors (Lipinski definition) is 7. The van der Waals surface area contributed by atoms with Crippen molar-refractivity contribution in [3.63, 3.8) is 0 Å². The van der Waals surface area contributed by atoms with E-state index in [2.05, 4.69) is 10.1 Å². The van der Waals surface area contributed by atoms with Crippen molar-refractivity contribution in [3.05, 3.63) is 50.9 Å². The summed E-state index contributed by atoms with van der Waals surface area (Å²) >= 11 is 0.980. The third kappa shape index (κ3) is 1.88. The molecular formula is C15H10N4O4S. The van der Waals surface area contributed by atoms with Crippen LogP contribution in [0.3, 0.4) is 0 Å². The molecule has 4 rings (SSSR count). The molecule has 0 bridgehead atoms. The van der Waals surface area contributed by atoms with Gasteiger partial charge in [-0.2, -0.15) is 14.6 Å². The van der Waals surface area contributed by atoms with E-state index < -0.39 is 17.4 Å². The fourth-order valence-corrected chi connectivity index (χ4v) is 3.48. The first-order valence-corrected chi connectivity index (χ1v) is 7.76. The van der Waals surface area contributed by atoms with E-state index in [-0.39, 0.29) is 21.2 Å². The van der Waals surface area contributed by atoms with Crippen LogP contribution < -0.4 is 15.2 Å². The van der Waals surface area contributed by atoms with Crippen LogP contribution in [0.5, 0.6) is 5.75 Å². The number of carbonyl (C=O) groups is 2. The molecule has 0 atom stereocenters.